The highest BCUT2D eigenvalue weighted by molar-refractivity contribution is 5.95. The first kappa shape index (κ1) is 15.6. The molecular weight excluding hydrogens is 293 g/mol. The number of pyridine rings is 1. The monoisotopic (exact) mass is 313 g/mol. The summed E-state index contributed by atoms with van der Waals surface area (Å²) < 4.78 is 13.6. The topological polar surface area (TPSA) is 45.2 Å². The van der Waals surface area contributed by atoms with Crippen molar-refractivity contribution >= 4 is 22.9 Å². The van der Waals surface area contributed by atoms with Gasteiger partial charge in [-0.25, -0.2) is 4.39 Å². The van der Waals surface area contributed by atoms with E-state index in [0.29, 0.717) is 13.0 Å². The minimum absolute atomic E-state index is 0.0854. The molecule has 4 nitrogen and oxygen atoms in total. The van der Waals surface area contributed by atoms with E-state index in [2.05, 4.69) is 10.3 Å². The Morgan fingerprint density at radius 2 is 2.26 bits per heavy atom. The highest BCUT2D eigenvalue weighted by Crippen LogP contribution is 2.21. The van der Waals surface area contributed by atoms with E-state index in [9.17, 15) is 9.18 Å². The van der Waals surface area contributed by atoms with Crippen LogP contribution >= 0.6 is 0 Å². The van der Waals surface area contributed by atoms with Gasteiger partial charge in [0.1, 0.15) is 6.17 Å². The summed E-state index contributed by atoms with van der Waals surface area (Å²) in [4.78, 5) is 18.4. The summed E-state index contributed by atoms with van der Waals surface area (Å²) in [7, 11) is 1.81. The number of aromatic nitrogens is 1. The van der Waals surface area contributed by atoms with Crippen LogP contribution in [0.25, 0.3) is 17.0 Å². The number of hydrogen-bond acceptors (Lipinski definition) is 3. The van der Waals surface area contributed by atoms with Gasteiger partial charge in [-0.3, -0.25) is 9.78 Å². The average molecular weight is 313 g/mol. The van der Waals surface area contributed by atoms with Crippen molar-refractivity contribution in [2.24, 2.45) is 0 Å². The Bertz CT molecular complexity index is 726. The number of fused-ring (bicyclic) bond motifs is 1. The van der Waals surface area contributed by atoms with Gasteiger partial charge in [0.15, 0.2) is 0 Å². The standard InChI is InChI=1S/C18H20FN3O/c1-20-11-16-10-15(19)12-22(16)17(23)8-7-14-5-2-4-13-6-3-9-21-18(13)14/h2-9,15-16,20H,10-12H2,1H3/b8-7+/t15-,16-/m0/s1. The van der Waals surface area contributed by atoms with Gasteiger partial charge in [-0.1, -0.05) is 24.3 Å². The second-order valence-electron chi connectivity index (χ2n) is 5.79. The molecule has 1 amide bonds. The Kier molecular flexibility index (Phi) is 4.67. The molecule has 0 unspecified atom stereocenters. The van der Waals surface area contributed by atoms with Crippen molar-refractivity contribution in [3.63, 3.8) is 0 Å². The van der Waals surface area contributed by atoms with Crippen molar-refractivity contribution in [1.29, 1.82) is 0 Å². The Morgan fingerprint density at radius 1 is 1.43 bits per heavy atom. The van der Waals surface area contributed by atoms with Crippen LogP contribution < -0.4 is 5.32 Å². The summed E-state index contributed by atoms with van der Waals surface area (Å²) in [6.07, 6.45) is 4.48. The maximum Gasteiger partial charge on any atom is 0.246 e. The quantitative estimate of drug-likeness (QED) is 0.882. The van der Waals surface area contributed by atoms with Crippen LogP contribution in [0.5, 0.6) is 0 Å². The van der Waals surface area contributed by atoms with Gasteiger partial charge in [0.05, 0.1) is 12.1 Å². The highest BCUT2D eigenvalue weighted by Gasteiger charge is 2.33. The zero-order valence-electron chi connectivity index (χ0n) is 13.1. The summed E-state index contributed by atoms with van der Waals surface area (Å²) in [6, 6.07) is 9.63. The normalized spacial score (nSPS) is 21.4. The number of nitrogens with zero attached hydrogens (tertiary/aromatic N) is 2. The van der Waals surface area contributed by atoms with Gasteiger partial charge in [0.2, 0.25) is 5.91 Å². The van der Waals surface area contributed by atoms with Crippen LogP contribution in [0.1, 0.15) is 12.0 Å². The first-order chi connectivity index (χ1) is 11.2. The van der Waals surface area contributed by atoms with Crippen molar-refractivity contribution in [3.05, 3.63) is 48.2 Å². The van der Waals surface area contributed by atoms with E-state index in [1.54, 1.807) is 17.2 Å². The average Bonchev–Trinajstić information content (AvgIpc) is 2.93. The van der Waals surface area contributed by atoms with Crippen molar-refractivity contribution in [2.45, 2.75) is 18.6 Å². The molecule has 1 aliphatic rings. The van der Waals surface area contributed by atoms with Gasteiger partial charge in [0, 0.05) is 42.2 Å². The molecule has 0 bridgehead atoms. The van der Waals surface area contributed by atoms with E-state index in [4.69, 9.17) is 0 Å². The van der Waals surface area contributed by atoms with Crippen LogP contribution in [0, 0.1) is 0 Å². The van der Waals surface area contributed by atoms with Crippen LogP contribution in [0.15, 0.2) is 42.6 Å². The lowest BCUT2D eigenvalue weighted by atomic mass is 10.1. The van der Waals surface area contributed by atoms with Gasteiger partial charge in [-0.15, -0.1) is 0 Å². The first-order valence-electron chi connectivity index (χ1n) is 7.80. The third kappa shape index (κ3) is 3.40. The number of carbonyl (C=O) groups is 1. The van der Waals surface area contributed by atoms with Crippen LogP contribution in [-0.2, 0) is 4.79 Å². The number of likely N-dealkylation sites (tertiary alicyclic amines) is 1. The summed E-state index contributed by atoms with van der Waals surface area (Å²) in [5.74, 6) is -0.154. The highest BCUT2D eigenvalue weighted by atomic mass is 19.1. The minimum Gasteiger partial charge on any atom is -0.332 e. The largest absolute Gasteiger partial charge is 0.332 e. The van der Waals surface area contributed by atoms with Gasteiger partial charge in [0.25, 0.3) is 0 Å². The maximum absolute atomic E-state index is 13.6. The number of halogens is 1. The lowest BCUT2D eigenvalue weighted by molar-refractivity contribution is -0.126. The van der Waals surface area contributed by atoms with Crippen molar-refractivity contribution < 1.29 is 9.18 Å². The molecule has 1 saturated heterocycles. The van der Waals surface area contributed by atoms with Gasteiger partial charge >= 0.3 is 0 Å². The van der Waals surface area contributed by atoms with Crippen LogP contribution in [0.2, 0.25) is 0 Å². The lowest BCUT2D eigenvalue weighted by Gasteiger charge is -2.22. The van der Waals surface area contributed by atoms with Crippen molar-refractivity contribution in [1.82, 2.24) is 15.2 Å². The number of carbonyl (C=O) groups excluding carboxylic acids is 1. The van der Waals surface area contributed by atoms with E-state index in [1.165, 1.54) is 6.08 Å². The van der Waals surface area contributed by atoms with E-state index >= 15 is 0 Å². The number of amides is 1. The molecule has 0 spiro atoms. The number of rotatable bonds is 4. The fraction of sp³-hybridized carbons (Fsp3) is 0.333. The predicted octanol–water partition coefficient (Wildman–Crippen LogP) is 2.41. The zero-order chi connectivity index (χ0) is 16.2. The minimum atomic E-state index is -0.940. The Labute approximate surface area is 135 Å². The number of para-hydroxylation sites is 1. The molecule has 2 aromatic rings. The molecule has 1 N–H and O–H groups in total. The Balaban J connectivity index is 1.80. The molecule has 23 heavy (non-hydrogen) atoms. The summed E-state index contributed by atoms with van der Waals surface area (Å²) in [5, 5.41) is 4.05. The molecule has 1 aromatic carbocycles. The molecule has 120 valence electrons. The molecule has 5 heteroatoms. The van der Waals surface area contributed by atoms with Crippen LogP contribution in [0.4, 0.5) is 4.39 Å². The van der Waals surface area contributed by atoms with E-state index in [0.717, 1.165) is 16.5 Å². The smallest absolute Gasteiger partial charge is 0.246 e. The van der Waals surface area contributed by atoms with Gasteiger partial charge < -0.3 is 10.2 Å². The van der Waals surface area contributed by atoms with Crippen molar-refractivity contribution in [2.75, 3.05) is 20.1 Å². The number of alkyl halides is 1. The molecule has 2 atom stereocenters. The molecule has 0 aliphatic carbocycles. The maximum atomic E-state index is 13.6. The fourth-order valence-corrected chi connectivity index (χ4v) is 3.08. The molecule has 0 radical (unpaired) electrons. The molecule has 1 aromatic heterocycles. The molecule has 2 heterocycles. The SMILES string of the molecule is CNC[C@@H]1C[C@H](F)CN1C(=O)/C=C/c1cccc2cccnc12. The molecule has 0 saturated carbocycles. The molecular formula is C18H20FN3O. The molecule has 1 fully saturated rings. The van der Waals surface area contributed by atoms with E-state index in [-0.39, 0.29) is 18.5 Å². The molecule has 3 rings (SSSR count). The summed E-state index contributed by atoms with van der Waals surface area (Å²) in [5.41, 5.74) is 1.74. The number of benzene rings is 1. The van der Waals surface area contributed by atoms with Gasteiger partial charge in [-0.2, -0.15) is 0 Å². The summed E-state index contributed by atoms with van der Waals surface area (Å²) >= 11 is 0. The third-order valence-corrected chi connectivity index (χ3v) is 4.16. The number of nitrogens with one attached hydrogen (secondary N) is 1. The third-order valence-electron chi connectivity index (χ3n) is 4.16. The lowest BCUT2D eigenvalue weighted by Crippen LogP contribution is -2.40. The molecule has 1 aliphatic heterocycles. The Morgan fingerprint density at radius 3 is 3.09 bits per heavy atom. The Hall–Kier alpha value is -2.27. The first-order valence-corrected chi connectivity index (χ1v) is 7.80. The van der Waals surface area contributed by atoms with E-state index in [1.807, 2.05) is 37.4 Å². The zero-order valence-corrected chi connectivity index (χ0v) is 13.1. The second-order valence-corrected chi connectivity index (χ2v) is 5.79. The number of hydrogen-bond donors (Lipinski definition) is 1. The van der Waals surface area contributed by atoms with Gasteiger partial charge in [-0.05, 0) is 19.2 Å². The predicted molar refractivity (Wildman–Crippen MR) is 89.7 cm³/mol. The summed E-state index contributed by atoms with van der Waals surface area (Å²) in [6.45, 7) is 0.777. The van der Waals surface area contributed by atoms with E-state index < -0.39 is 6.17 Å². The van der Waals surface area contributed by atoms with Crippen LogP contribution in [-0.4, -0.2) is 48.1 Å². The van der Waals surface area contributed by atoms with Crippen LogP contribution in [0.3, 0.4) is 0 Å². The second kappa shape index (κ2) is 6.87. The number of likely N-dealkylation sites (N-methyl/N-ethyl adjacent to an activating group) is 1. The fourth-order valence-electron chi connectivity index (χ4n) is 3.08. The van der Waals surface area contributed by atoms with Crippen molar-refractivity contribution in [3.8, 4) is 0 Å².